The SMILES string of the molecule is BC1CC(OC2(OC)CCOCC2)C(COP(=O)(O)OP(=O)(O)OP(=O)(O)O)S1. The van der Waals surface area contributed by atoms with E-state index < -0.39 is 40.6 Å². The molecule has 0 saturated carbocycles. The highest BCUT2D eigenvalue weighted by atomic mass is 32.2. The van der Waals surface area contributed by atoms with Crippen LogP contribution in [0.25, 0.3) is 0 Å². The minimum absolute atomic E-state index is 0.142. The maximum absolute atomic E-state index is 11.9. The van der Waals surface area contributed by atoms with Crippen LogP contribution in [0.5, 0.6) is 0 Å². The first-order valence-electron chi connectivity index (χ1n) is 8.49. The monoisotopic (exact) mass is 500 g/mol. The highest BCUT2D eigenvalue weighted by Crippen LogP contribution is 2.66. The molecule has 18 heteroatoms. The van der Waals surface area contributed by atoms with Crippen molar-refractivity contribution < 1.29 is 60.6 Å². The van der Waals surface area contributed by atoms with Crippen LogP contribution in [-0.2, 0) is 41.1 Å². The minimum Gasteiger partial charge on any atom is -0.381 e. The summed E-state index contributed by atoms with van der Waals surface area (Å²) in [6.07, 6.45) is 1.24. The van der Waals surface area contributed by atoms with E-state index in [9.17, 15) is 23.5 Å². The first-order valence-corrected chi connectivity index (χ1v) is 14.0. The Balaban J connectivity index is 1.97. The van der Waals surface area contributed by atoms with Crippen LogP contribution in [-0.4, -0.2) is 76.6 Å². The summed E-state index contributed by atoms with van der Waals surface area (Å²) in [4.78, 5) is 35.9. The van der Waals surface area contributed by atoms with Crippen LogP contribution < -0.4 is 0 Å². The Morgan fingerprint density at radius 1 is 1.10 bits per heavy atom. The second-order valence-corrected chi connectivity index (χ2v) is 12.6. The van der Waals surface area contributed by atoms with Crippen molar-refractivity contribution in [2.75, 3.05) is 26.9 Å². The van der Waals surface area contributed by atoms with Gasteiger partial charge in [0.15, 0.2) is 5.79 Å². The standard InChI is InChI=1S/C11H24BO13P3S/c1-20-11(2-4-21-5-3-11)23-8-6-10(12)29-9(8)7-22-27(16,17)25-28(18,19)24-26(13,14)15/h8-10H,2-7,12H2,1H3,(H,16,17)(H,18,19)(H2,13,14,15). The third-order valence-electron chi connectivity index (χ3n) is 4.20. The summed E-state index contributed by atoms with van der Waals surface area (Å²) in [5.41, 5.74) is 0. The molecular formula is C11H24BO13P3S. The van der Waals surface area contributed by atoms with E-state index in [1.54, 1.807) is 0 Å². The average Bonchev–Trinajstić information content (AvgIpc) is 2.90. The first kappa shape index (κ1) is 26.0. The molecule has 2 saturated heterocycles. The van der Waals surface area contributed by atoms with E-state index in [0.29, 0.717) is 32.5 Å². The molecule has 0 bridgehead atoms. The van der Waals surface area contributed by atoms with Gasteiger partial charge in [-0.3, -0.25) is 4.52 Å². The molecule has 0 aliphatic carbocycles. The van der Waals surface area contributed by atoms with Gasteiger partial charge < -0.3 is 33.8 Å². The molecule has 2 heterocycles. The van der Waals surface area contributed by atoms with Crippen molar-refractivity contribution >= 4 is 43.1 Å². The van der Waals surface area contributed by atoms with Gasteiger partial charge in [0.1, 0.15) is 7.85 Å². The van der Waals surface area contributed by atoms with Gasteiger partial charge in [-0.2, -0.15) is 20.4 Å². The lowest BCUT2D eigenvalue weighted by Gasteiger charge is -2.38. The van der Waals surface area contributed by atoms with Crippen LogP contribution in [0, 0.1) is 0 Å². The van der Waals surface area contributed by atoms with Crippen LogP contribution in [0.1, 0.15) is 19.3 Å². The molecule has 2 aliphatic heterocycles. The predicted molar refractivity (Wildman–Crippen MR) is 103 cm³/mol. The van der Waals surface area contributed by atoms with Crippen molar-refractivity contribution in [2.24, 2.45) is 0 Å². The third kappa shape index (κ3) is 8.63. The maximum Gasteiger partial charge on any atom is 0.490 e. The predicted octanol–water partition coefficient (Wildman–Crippen LogP) is 0.333. The summed E-state index contributed by atoms with van der Waals surface area (Å²) in [5, 5.41) is -0.284. The van der Waals surface area contributed by atoms with E-state index in [4.69, 9.17) is 28.5 Å². The fraction of sp³-hybridized carbons (Fsp3) is 1.00. The van der Waals surface area contributed by atoms with Gasteiger partial charge in [0, 0.05) is 20.0 Å². The molecule has 0 aromatic heterocycles. The van der Waals surface area contributed by atoms with Gasteiger partial charge in [0.2, 0.25) is 0 Å². The van der Waals surface area contributed by atoms with Crippen molar-refractivity contribution in [2.45, 2.75) is 41.6 Å². The summed E-state index contributed by atoms with van der Waals surface area (Å²) >= 11 is 1.43. The van der Waals surface area contributed by atoms with E-state index in [0.717, 1.165) is 0 Å². The highest BCUT2D eigenvalue weighted by molar-refractivity contribution is 8.01. The maximum atomic E-state index is 11.9. The minimum atomic E-state index is -5.54. The van der Waals surface area contributed by atoms with Gasteiger partial charge in [-0.15, -0.1) is 0 Å². The Kier molecular flexibility index (Phi) is 9.04. The van der Waals surface area contributed by atoms with E-state index in [2.05, 4.69) is 8.62 Å². The molecule has 13 nitrogen and oxygen atoms in total. The molecule has 5 atom stereocenters. The van der Waals surface area contributed by atoms with Gasteiger partial charge >= 0.3 is 23.5 Å². The number of hydrogen-bond donors (Lipinski definition) is 4. The number of thioether (sulfide) groups is 1. The van der Waals surface area contributed by atoms with Gasteiger partial charge in [-0.1, -0.05) is 0 Å². The van der Waals surface area contributed by atoms with Gasteiger partial charge in [-0.25, -0.2) is 13.7 Å². The third-order valence-corrected chi connectivity index (χ3v) is 9.45. The van der Waals surface area contributed by atoms with E-state index in [1.165, 1.54) is 18.9 Å². The van der Waals surface area contributed by atoms with Crippen LogP contribution in [0.4, 0.5) is 0 Å². The Bertz CT molecular complexity index is 697. The molecule has 4 N–H and O–H groups in total. The topological polar surface area (TPSA) is 188 Å². The molecule has 0 amide bonds. The number of methoxy groups -OCH3 is 1. The molecule has 2 rings (SSSR count). The quantitative estimate of drug-likeness (QED) is 0.183. The normalized spacial score (nSPS) is 31.8. The smallest absolute Gasteiger partial charge is 0.381 e. The Morgan fingerprint density at radius 3 is 2.28 bits per heavy atom. The van der Waals surface area contributed by atoms with Crippen molar-refractivity contribution in [3.8, 4) is 0 Å². The van der Waals surface area contributed by atoms with Gasteiger partial charge in [0.05, 0.1) is 31.2 Å². The molecule has 5 unspecified atom stereocenters. The molecule has 0 aromatic rings. The summed E-state index contributed by atoms with van der Waals surface area (Å²) in [6.45, 7) is 0.546. The summed E-state index contributed by atoms with van der Waals surface area (Å²) < 4.78 is 63.2. The Hall–Kier alpha value is 0.705. The second kappa shape index (κ2) is 10.1. The van der Waals surface area contributed by atoms with Crippen molar-refractivity contribution in [3.63, 3.8) is 0 Å². The highest BCUT2D eigenvalue weighted by Gasteiger charge is 2.45. The van der Waals surface area contributed by atoms with Crippen LogP contribution in [0.3, 0.4) is 0 Å². The summed E-state index contributed by atoms with van der Waals surface area (Å²) in [5.74, 6) is -0.844. The fourth-order valence-electron chi connectivity index (χ4n) is 2.99. The zero-order valence-electron chi connectivity index (χ0n) is 15.7. The number of hydrogen-bond acceptors (Lipinski definition) is 10. The largest absolute Gasteiger partial charge is 0.490 e. The lowest BCUT2D eigenvalue weighted by atomic mass is 9.96. The lowest BCUT2D eigenvalue weighted by Crippen LogP contribution is -2.45. The van der Waals surface area contributed by atoms with E-state index in [-0.39, 0.29) is 11.8 Å². The number of ether oxygens (including phenoxy) is 3. The van der Waals surface area contributed by atoms with Crippen LogP contribution in [0.2, 0.25) is 0 Å². The molecule has 170 valence electrons. The first-order chi connectivity index (χ1) is 13.2. The molecular weight excluding hydrogens is 476 g/mol. The molecule has 0 aromatic carbocycles. The zero-order valence-corrected chi connectivity index (χ0v) is 19.2. The van der Waals surface area contributed by atoms with E-state index >= 15 is 0 Å². The molecule has 0 radical (unpaired) electrons. The Morgan fingerprint density at radius 2 is 1.72 bits per heavy atom. The van der Waals surface area contributed by atoms with Crippen LogP contribution in [0.15, 0.2) is 0 Å². The lowest BCUT2D eigenvalue weighted by molar-refractivity contribution is -0.275. The molecule has 2 fully saturated rings. The average molecular weight is 500 g/mol. The summed E-state index contributed by atoms with van der Waals surface area (Å²) in [6, 6.07) is 0. The van der Waals surface area contributed by atoms with Crippen molar-refractivity contribution in [1.82, 2.24) is 0 Å². The van der Waals surface area contributed by atoms with Gasteiger partial charge in [0.25, 0.3) is 0 Å². The van der Waals surface area contributed by atoms with Crippen LogP contribution >= 0.6 is 35.2 Å². The molecule has 0 spiro atoms. The van der Waals surface area contributed by atoms with E-state index in [1.807, 2.05) is 7.85 Å². The van der Waals surface area contributed by atoms with Crippen molar-refractivity contribution in [3.05, 3.63) is 0 Å². The molecule has 29 heavy (non-hydrogen) atoms. The molecule has 2 aliphatic rings. The Labute approximate surface area is 172 Å². The zero-order chi connectivity index (χ0) is 21.9. The van der Waals surface area contributed by atoms with Crippen molar-refractivity contribution in [1.29, 1.82) is 0 Å². The second-order valence-electron chi connectivity index (χ2n) is 6.49. The number of rotatable bonds is 10. The van der Waals surface area contributed by atoms with Gasteiger partial charge in [-0.05, 0) is 11.6 Å². The number of phosphoric acid groups is 3. The summed E-state index contributed by atoms with van der Waals surface area (Å²) in [7, 11) is -12.7. The fourth-order valence-corrected chi connectivity index (χ4v) is 7.52. The number of phosphoric ester groups is 1.